The van der Waals surface area contributed by atoms with Crippen molar-refractivity contribution in [3.8, 4) is 0 Å². The fourth-order valence-electron chi connectivity index (χ4n) is 3.12. The van der Waals surface area contributed by atoms with Crippen LogP contribution in [-0.2, 0) is 14.3 Å². The normalized spacial score (nSPS) is 12.5. The van der Waals surface area contributed by atoms with Gasteiger partial charge in [0.2, 0.25) is 0 Å². The number of ether oxygens (including phenoxy) is 2. The molecule has 3 amide bonds. The molecule has 35 heavy (non-hydrogen) atoms. The zero-order valence-electron chi connectivity index (χ0n) is 22.2. The molecular weight excluding hydrogens is 454 g/mol. The molecule has 11 nitrogen and oxygen atoms in total. The first kappa shape index (κ1) is 29.9. The first-order valence-electron chi connectivity index (χ1n) is 12.0. The molecule has 0 saturated carbocycles. The summed E-state index contributed by atoms with van der Waals surface area (Å²) in [6, 6.07) is -0.948. The van der Waals surface area contributed by atoms with Gasteiger partial charge in [0.25, 0.3) is 11.8 Å². The van der Waals surface area contributed by atoms with Crippen molar-refractivity contribution in [3.63, 3.8) is 0 Å². The predicted octanol–water partition coefficient (Wildman–Crippen LogP) is 3.03. The van der Waals surface area contributed by atoms with E-state index in [1.807, 2.05) is 13.8 Å². The van der Waals surface area contributed by atoms with Crippen molar-refractivity contribution in [2.45, 2.75) is 91.9 Å². The average Bonchev–Trinajstić information content (AvgIpc) is 3.20. The van der Waals surface area contributed by atoms with Gasteiger partial charge in [0.1, 0.15) is 22.9 Å². The van der Waals surface area contributed by atoms with Crippen molar-refractivity contribution in [2.75, 3.05) is 19.6 Å². The number of imidazole rings is 1. The van der Waals surface area contributed by atoms with E-state index in [2.05, 4.69) is 20.6 Å². The summed E-state index contributed by atoms with van der Waals surface area (Å²) in [4.78, 5) is 58.6. The maximum absolute atomic E-state index is 13.0. The number of esters is 1. The zero-order chi connectivity index (χ0) is 26.8. The second-order valence-electron chi connectivity index (χ2n) is 10.1. The summed E-state index contributed by atoms with van der Waals surface area (Å²) in [5.41, 5.74) is -1.35. The fraction of sp³-hybridized carbons (Fsp3) is 0.708. The number of hydrogen-bond acceptors (Lipinski definition) is 7. The lowest BCUT2D eigenvalue weighted by Crippen LogP contribution is -2.45. The molecule has 0 bridgehead atoms. The third kappa shape index (κ3) is 10.8. The van der Waals surface area contributed by atoms with Crippen molar-refractivity contribution in [2.24, 2.45) is 0 Å². The number of aromatic amines is 1. The van der Waals surface area contributed by atoms with Crippen LogP contribution >= 0.6 is 0 Å². The maximum atomic E-state index is 13.0. The van der Waals surface area contributed by atoms with Crippen LogP contribution < -0.4 is 10.6 Å². The van der Waals surface area contributed by atoms with E-state index in [-0.39, 0.29) is 23.7 Å². The van der Waals surface area contributed by atoms with Gasteiger partial charge in [-0.15, -0.1) is 0 Å². The highest BCUT2D eigenvalue weighted by molar-refractivity contribution is 6.05. The number of carbonyl (C=O) groups is 4. The molecule has 1 rings (SSSR count). The highest BCUT2D eigenvalue weighted by Gasteiger charge is 2.30. The van der Waals surface area contributed by atoms with E-state index in [9.17, 15) is 19.2 Å². The van der Waals surface area contributed by atoms with Crippen LogP contribution in [0, 0.1) is 0 Å². The number of carbonyl (C=O) groups excluding carboxylic acids is 4. The van der Waals surface area contributed by atoms with Crippen LogP contribution in [0.2, 0.25) is 0 Å². The summed E-state index contributed by atoms with van der Waals surface area (Å²) in [6.45, 7) is 15.5. The summed E-state index contributed by atoms with van der Waals surface area (Å²) in [5, 5.41) is 5.33. The van der Waals surface area contributed by atoms with E-state index in [4.69, 9.17) is 9.47 Å². The molecule has 1 heterocycles. The molecule has 0 aliphatic carbocycles. The van der Waals surface area contributed by atoms with E-state index >= 15 is 0 Å². The molecule has 11 heteroatoms. The smallest absolute Gasteiger partial charge is 0.407 e. The average molecular weight is 496 g/mol. The topological polar surface area (TPSA) is 143 Å². The Morgan fingerprint density at radius 1 is 1.00 bits per heavy atom. The highest BCUT2D eigenvalue weighted by Crippen LogP contribution is 2.14. The number of H-pyrrole nitrogens is 1. The summed E-state index contributed by atoms with van der Waals surface area (Å²) in [6.07, 6.45) is 2.11. The SMILES string of the molecule is CCN(CC)C(=O)c1[nH]cnc1C(=O)NC(CCCCNC(=O)OC(C)(C)C)C(=O)OC(C)(C)C. The van der Waals surface area contributed by atoms with Crippen molar-refractivity contribution >= 4 is 23.9 Å². The van der Waals surface area contributed by atoms with Crippen LogP contribution in [0.15, 0.2) is 6.33 Å². The molecule has 1 unspecified atom stereocenters. The van der Waals surface area contributed by atoms with Crippen LogP contribution in [0.5, 0.6) is 0 Å². The first-order chi connectivity index (χ1) is 16.2. The minimum absolute atomic E-state index is 0.0655. The van der Waals surface area contributed by atoms with Crippen LogP contribution in [-0.4, -0.2) is 75.6 Å². The van der Waals surface area contributed by atoms with Gasteiger partial charge in [-0.05, 0) is 74.7 Å². The molecule has 0 spiro atoms. The summed E-state index contributed by atoms with van der Waals surface area (Å²) in [5.74, 6) is -1.58. The number of nitrogens with zero attached hydrogens (tertiary/aromatic N) is 2. The number of nitrogens with one attached hydrogen (secondary N) is 3. The largest absolute Gasteiger partial charge is 0.458 e. The van der Waals surface area contributed by atoms with E-state index in [1.165, 1.54) is 6.33 Å². The van der Waals surface area contributed by atoms with Crippen LogP contribution in [0.4, 0.5) is 4.79 Å². The number of hydrogen-bond donors (Lipinski definition) is 3. The molecule has 198 valence electrons. The Morgan fingerprint density at radius 2 is 1.60 bits per heavy atom. The number of unbranched alkanes of at least 4 members (excludes halogenated alkanes) is 1. The minimum Gasteiger partial charge on any atom is -0.458 e. The lowest BCUT2D eigenvalue weighted by Gasteiger charge is -2.25. The Bertz CT molecular complexity index is 864. The molecule has 1 aromatic rings. The minimum atomic E-state index is -0.948. The molecule has 1 aromatic heterocycles. The molecule has 0 aliphatic heterocycles. The predicted molar refractivity (Wildman–Crippen MR) is 131 cm³/mol. The third-order valence-electron chi connectivity index (χ3n) is 4.70. The fourth-order valence-corrected chi connectivity index (χ4v) is 3.12. The Balaban J connectivity index is 2.83. The van der Waals surface area contributed by atoms with Gasteiger partial charge in [-0.2, -0.15) is 0 Å². The summed E-state index contributed by atoms with van der Waals surface area (Å²) >= 11 is 0. The summed E-state index contributed by atoms with van der Waals surface area (Å²) < 4.78 is 10.7. The van der Waals surface area contributed by atoms with E-state index < -0.39 is 35.2 Å². The van der Waals surface area contributed by atoms with E-state index in [1.54, 1.807) is 46.4 Å². The molecule has 3 N–H and O–H groups in total. The monoisotopic (exact) mass is 495 g/mol. The number of alkyl carbamates (subject to hydrolysis) is 1. The lowest BCUT2D eigenvalue weighted by atomic mass is 10.1. The molecule has 0 fully saturated rings. The summed E-state index contributed by atoms with van der Waals surface area (Å²) in [7, 11) is 0. The van der Waals surface area contributed by atoms with Crippen LogP contribution in [0.3, 0.4) is 0 Å². The van der Waals surface area contributed by atoms with Crippen LogP contribution in [0.25, 0.3) is 0 Å². The maximum Gasteiger partial charge on any atom is 0.407 e. The van der Waals surface area contributed by atoms with Gasteiger partial charge < -0.3 is 30.0 Å². The van der Waals surface area contributed by atoms with Crippen molar-refractivity contribution < 1.29 is 28.7 Å². The van der Waals surface area contributed by atoms with Crippen molar-refractivity contribution in [1.29, 1.82) is 0 Å². The molecule has 1 atom stereocenters. The quantitative estimate of drug-likeness (QED) is 0.316. The molecule has 0 aliphatic rings. The second kappa shape index (κ2) is 13.1. The Labute approximate surface area is 207 Å². The van der Waals surface area contributed by atoms with Crippen LogP contribution in [0.1, 0.15) is 95.6 Å². The zero-order valence-corrected chi connectivity index (χ0v) is 22.2. The van der Waals surface area contributed by atoms with Gasteiger partial charge in [-0.3, -0.25) is 9.59 Å². The highest BCUT2D eigenvalue weighted by atomic mass is 16.6. The van der Waals surface area contributed by atoms with Gasteiger partial charge in [0.15, 0.2) is 5.69 Å². The Morgan fingerprint density at radius 3 is 2.14 bits per heavy atom. The van der Waals surface area contributed by atoms with Gasteiger partial charge in [-0.1, -0.05) is 0 Å². The lowest BCUT2D eigenvalue weighted by molar-refractivity contribution is -0.157. The molecular formula is C24H41N5O6. The van der Waals surface area contributed by atoms with Gasteiger partial charge in [0.05, 0.1) is 6.33 Å². The standard InChI is InChI=1S/C24H41N5O6/c1-9-29(10-2)20(31)18-17(26-15-27-18)19(30)28-16(21(32)34-23(3,4)5)13-11-12-14-25-22(33)35-24(6,7)8/h15-16H,9-14H2,1-8H3,(H,25,33)(H,26,27)(H,28,30). The third-order valence-corrected chi connectivity index (χ3v) is 4.70. The Kier molecular flexibility index (Phi) is 11.2. The van der Waals surface area contributed by atoms with Gasteiger partial charge in [-0.25, -0.2) is 14.6 Å². The van der Waals surface area contributed by atoms with Crippen molar-refractivity contribution in [1.82, 2.24) is 25.5 Å². The van der Waals surface area contributed by atoms with E-state index in [0.29, 0.717) is 32.5 Å². The molecule has 0 radical (unpaired) electrons. The molecule has 0 saturated heterocycles. The first-order valence-corrected chi connectivity index (χ1v) is 12.0. The Hall–Kier alpha value is -3.11. The van der Waals surface area contributed by atoms with Crippen molar-refractivity contribution in [3.05, 3.63) is 17.7 Å². The van der Waals surface area contributed by atoms with E-state index in [0.717, 1.165) is 0 Å². The van der Waals surface area contributed by atoms with Gasteiger partial charge >= 0.3 is 12.1 Å². The van der Waals surface area contributed by atoms with Gasteiger partial charge in [0, 0.05) is 19.6 Å². The number of rotatable bonds is 11. The number of amides is 3. The second-order valence-corrected chi connectivity index (χ2v) is 10.1. The molecule has 0 aromatic carbocycles. The number of aromatic nitrogens is 2.